The van der Waals surface area contributed by atoms with Gasteiger partial charge in [-0.15, -0.1) is 13.2 Å². The molecule has 2 heterocycles. The number of hydrogen-bond acceptors (Lipinski definition) is 4. The lowest BCUT2D eigenvalue weighted by molar-refractivity contribution is -0.274. The second kappa shape index (κ2) is 6.43. The lowest BCUT2D eigenvalue weighted by Gasteiger charge is -2.26. The maximum Gasteiger partial charge on any atom is 0.573 e. The molecule has 27 heavy (non-hydrogen) atoms. The van der Waals surface area contributed by atoms with Crippen LogP contribution in [0.3, 0.4) is 0 Å². The molecule has 1 aromatic heterocycles. The van der Waals surface area contributed by atoms with Gasteiger partial charge in [0.2, 0.25) is 0 Å². The molecule has 1 saturated carbocycles. The average molecular weight is 382 g/mol. The Bertz CT molecular complexity index is 913. The summed E-state index contributed by atoms with van der Waals surface area (Å²) in [6.45, 7) is 1.47. The Kier molecular flexibility index (Phi) is 4.20. The topological polar surface area (TPSA) is 69.4 Å². The van der Waals surface area contributed by atoms with E-state index in [1.807, 2.05) is 0 Å². The number of nitrogens with zero attached hydrogens (tertiary/aromatic N) is 4. The summed E-state index contributed by atoms with van der Waals surface area (Å²) in [5.74, 6) is 0.321. The average Bonchev–Trinajstić information content (AvgIpc) is 3.38. The van der Waals surface area contributed by atoms with Gasteiger partial charge >= 0.3 is 12.1 Å². The van der Waals surface area contributed by atoms with Crippen LogP contribution in [0, 0.1) is 5.92 Å². The summed E-state index contributed by atoms with van der Waals surface area (Å²) in [5, 5.41) is 4.34. The van der Waals surface area contributed by atoms with Gasteiger partial charge in [-0.2, -0.15) is 5.10 Å². The van der Waals surface area contributed by atoms with Crippen molar-refractivity contribution in [2.45, 2.75) is 38.8 Å². The van der Waals surface area contributed by atoms with Crippen molar-refractivity contribution in [3.8, 4) is 5.75 Å². The Hall–Kier alpha value is -2.78. The number of hydrogen-bond donors (Lipinski definition) is 0. The Morgan fingerprint density at radius 1 is 1.19 bits per heavy atom. The molecule has 1 fully saturated rings. The lowest BCUT2D eigenvalue weighted by Crippen LogP contribution is -2.41. The van der Waals surface area contributed by atoms with Gasteiger partial charge in [0.05, 0.1) is 6.54 Å². The van der Waals surface area contributed by atoms with Gasteiger partial charge in [-0.05, 0) is 43.0 Å². The predicted octanol–water partition coefficient (Wildman–Crippen LogP) is 2.01. The van der Waals surface area contributed by atoms with Gasteiger partial charge in [-0.1, -0.05) is 0 Å². The number of rotatable bonds is 4. The number of carbonyl (C=O) groups is 1. The zero-order valence-electron chi connectivity index (χ0n) is 14.3. The molecule has 4 rings (SSSR count). The molecule has 10 heteroatoms. The maximum atomic E-state index is 12.6. The molecule has 0 spiro atoms. The Balaban J connectivity index is 1.46. The smallest absolute Gasteiger partial charge is 0.406 e. The van der Waals surface area contributed by atoms with Crippen LogP contribution < -0.4 is 10.4 Å². The van der Waals surface area contributed by atoms with Gasteiger partial charge in [-0.3, -0.25) is 9.36 Å². The van der Waals surface area contributed by atoms with Crippen LogP contribution >= 0.6 is 0 Å². The highest BCUT2D eigenvalue weighted by molar-refractivity contribution is 5.94. The van der Waals surface area contributed by atoms with E-state index in [4.69, 9.17) is 0 Å². The summed E-state index contributed by atoms with van der Waals surface area (Å²) in [7, 11) is 0. The molecule has 1 amide bonds. The second-order valence-electron chi connectivity index (χ2n) is 6.77. The SMILES string of the molecule is O=C(c1ccc(OC(F)(F)F)cc1)N1CCn2c(nn(CC3CC3)c2=O)C1. The summed E-state index contributed by atoms with van der Waals surface area (Å²) >= 11 is 0. The van der Waals surface area contributed by atoms with E-state index in [-0.39, 0.29) is 29.5 Å². The first-order valence-corrected chi connectivity index (χ1v) is 8.62. The predicted molar refractivity (Wildman–Crippen MR) is 87.1 cm³/mol. The highest BCUT2D eigenvalue weighted by Crippen LogP contribution is 2.30. The van der Waals surface area contributed by atoms with Gasteiger partial charge in [0.15, 0.2) is 5.82 Å². The van der Waals surface area contributed by atoms with E-state index < -0.39 is 6.36 Å². The Morgan fingerprint density at radius 3 is 2.52 bits per heavy atom. The van der Waals surface area contributed by atoms with Crippen LogP contribution in [0.2, 0.25) is 0 Å². The summed E-state index contributed by atoms with van der Waals surface area (Å²) in [6, 6.07) is 4.78. The van der Waals surface area contributed by atoms with Gasteiger partial charge in [0.25, 0.3) is 5.91 Å². The molecule has 0 atom stereocenters. The van der Waals surface area contributed by atoms with Crippen molar-refractivity contribution in [2.24, 2.45) is 5.92 Å². The Labute approximate surface area is 151 Å². The third-order valence-electron chi connectivity index (χ3n) is 4.68. The van der Waals surface area contributed by atoms with Crippen molar-refractivity contribution in [1.82, 2.24) is 19.2 Å². The normalized spacial score (nSPS) is 16.9. The van der Waals surface area contributed by atoms with E-state index in [9.17, 15) is 22.8 Å². The minimum atomic E-state index is -4.78. The minimum Gasteiger partial charge on any atom is -0.406 e. The zero-order valence-corrected chi connectivity index (χ0v) is 14.3. The van der Waals surface area contributed by atoms with Crippen molar-refractivity contribution in [2.75, 3.05) is 6.54 Å². The summed E-state index contributed by atoms with van der Waals surface area (Å²) in [4.78, 5) is 26.5. The molecule has 0 radical (unpaired) electrons. The second-order valence-corrected chi connectivity index (χ2v) is 6.77. The van der Waals surface area contributed by atoms with Crippen LogP contribution in [0.15, 0.2) is 29.1 Å². The number of halogens is 3. The third-order valence-corrected chi connectivity index (χ3v) is 4.68. The maximum absolute atomic E-state index is 12.6. The number of benzene rings is 1. The van der Waals surface area contributed by atoms with E-state index in [2.05, 4.69) is 9.84 Å². The van der Waals surface area contributed by atoms with Crippen LogP contribution in [0.4, 0.5) is 13.2 Å². The molecule has 1 aromatic carbocycles. The van der Waals surface area contributed by atoms with E-state index in [1.165, 1.54) is 21.7 Å². The standard InChI is InChI=1S/C17H17F3N4O3/c18-17(19,20)27-13-5-3-12(4-6-13)15(25)22-7-8-23-14(10-22)21-24(16(23)26)9-11-1-2-11/h3-6,11H,1-2,7-10H2. The summed E-state index contributed by atoms with van der Waals surface area (Å²) < 4.78 is 43.5. The zero-order chi connectivity index (χ0) is 19.2. The largest absolute Gasteiger partial charge is 0.573 e. The molecule has 144 valence electrons. The van der Waals surface area contributed by atoms with E-state index >= 15 is 0 Å². The van der Waals surface area contributed by atoms with Gasteiger partial charge in [0, 0.05) is 25.2 Å². The first-order chi connectivity index (χ1) is 12.8. The van der Waals surface area contributed by atoms with Crippen molar-refractivity contribution in [1.29, 1.82) is 0 Å². The van der Waals surface area contributed by atoms with Gasteiger partial charge < -0.3 is 9.64 Å². The lowest BCUT2D eigenvalue weighted by atomic mass is 10.2. The fourth-order valence-corrected chi connectivity index (χ4v) is 3.12. The van der Waals surface area contributed by atoms with Crippen molar-refractivity contribution in [3.05, 3.63) is 46.1 Å². The van der Waals surface area contributed by atoms with Crippen molar-refractivity contribution < 1.29 is 22.7 Å². The van der Waals surface area contributed by atoms with Crippen LogP contribution in [0.25, 0.3) is 0 Å². The first-order valence-electron chi connectivity index (χ1n) is 8.62. The molecular weight excluding hydrogens is 365 g/mol. The molecule has 2 aromatic rings. The van der Waals surface area contributed by atoms with E-state index in [0.717, 1.165) is 25.0 Å². The number of amides is 1. The van der Waals surface area contributed by atoms with Crippen LogP contribution in [0.1, 0.15) is 29.0 Å². The van der Waals surface area contributed by atoms with Crippen molar-refractivity contribution >= 4 is 5.91 Å². The molecule has 1 aliphatic heterocycles. The third kappa shape index (κ3) is 3.83. The number of carbonyl (C=O) groups excluding carboxylic acids is 1. The van der Waals surface area contributed by atoms with Gasteiger partial charge in [-0.25, -0.2) is 9.48 Å². The van der Waals surface area contributed by atoms with Crippen LogP contribution in [-0.2, 0) is 19.6 Å². The molecule has 0 saturated heterocycles. The summed E-state index contributed by atoms with van der Waals surface area (Å²) in [5.41, 5.74) is 0.0929. The monoisotopic (exact) mass is 382 g/mol. The fourth-order valence-electron chi connectivity index (χ4n) is 3.12. The Morgan fingerprint density at radius 2 is 1.89 bits per heavy atom. The molecule has 2 aliphatic rings. The number of aromatic nitrogens is 3. The number of fused-ring (bicyclic) bond motifs is 1. The number of alkyl halides is 3. The molecule has 0 unspecified atom stereocenters. The molecular formula is C17H17F3N4O3. The molecule has 0 N–H and O–H groups in total. The number of ether oxygens (including phenoxy) is 1. The minimum absolute atomic E-state index is 0.155. The summed E-state index contributed by atoms with van der Waals surface area (Å²) in [6.07, 6.45) is -2.57. The molecule has 1 aliphatic carbocycles. The van der Waals surface area contributed by atoms with Gasteiger partial charge in [0.1, 0.15) is 5.75 Å². The van der Waals surface area contributed by atoms with Crippen LogP contribution in [0.5, 0.6) is 5.75 Å². The molecule has 0 bridgehead atoms. The van der Waals surface area contributed by atoms with Crippen LogP contribution in [-0.4, -0.2) is 38.1 Å². The molecule has 7 nitrogen and oxygen atoms in total. The fraction of sp³-hybridized carbons (Fsp3) is 0.471. The first kappa shape index (κ1) is 17.6. The van der Waals surface area contributed by atoms with Crippen molar-refractivity contribution in [3.63, 3.8) is 0 Å². The highest BCUT2D eigenvalue weighted by atomic mass is 19.4. The quantitative estimate of drug-likeness (QED) is 0.811. The highest BCUT2D eigenvalue weighted by Gasteiger charge is 2.31. The van der Waals surface area contributed by atoms with E-state index in [1.54, 1.807) is 4.57 Å². The van der Waals surface area contributed by atoms with E-state index in [0.29, 0.717) is 31.4 Å².